The van der Waals surface area contributed by atoms with Crippen LogP contribution in [0.25, 0.3) is 0 Å². The fourth-order valence-corrected chi connectivity index (χ4v) is 1.87. The summed E-state index contributed by atoms with van der Waals surface area (Å²) in [4.78, 5) is 0. The van der Waals surface area contributed by atoms with Crippen LogP contribution >= 0.6 is 0 Å². The molecule has 1 aromatic heterocycles. The molecule has 0 aromatic carbocycles. The second kappa shape index (κ2) is 2.51. The van der Waals surface area contributed by atoms with Gasteiger partial charge >= 0.3 is 5.88 Å². The molecule has 2 heterocycles. The van der Waals surface area contributed by atoms with E-state index in [1.54, 1.807) is 0 Å². The van der Waals surface area contributed by atoms with Gasteiger partial charge in [-0.3, -0.25) is 0 Å². The number of hydrogen-bond donors (Lipinski definition) is 0. The molecule has 0 spiro atoms. The Bertz CT molecular complexity index is 312. The quantitative estimate of drug-likeness (QED) is 0.559. The normalized spacial score (nSPS) is 14.6. The molecule has 1 aromatic rings. The van der Waals surface area contributed by atoms with Crippen LogP contribution < -0.4 is 9.42 Å². The fraction of sp³-hybridized carbons (Fsp3) is 0.667. The van der Waals surface area contributed by atoms with E-state index in [0.717, 1.165) is 25.5 Å². The minimum absolute atomic E-state index is 0.830. The second-order valence-electron chi connectivity index (χ2n) is 3.22. The van der Waals surface area contributed by atoms with Crippen molar-refractivity contribution in [2.45, 2.75) is 26.8 Å². The Morgan fingerprint density at radius 3 is 3.00 bits per heavy atom. The molecule has 0 bridgehead atoms. The number of ether oxygens (including phenoxy) is 1. The maximum atomic E-state index is 5.56. The molecule has 0 aliphatic carbocycles. The van der Waals surface area contributed by atoms with Gasteiger partial charge in [0.25, 0.3) is 0 Å². The van der Waals surface area contributed by atoms with Crippen molar-refractivity contribution in [1.82, 2.24) is 4.68 Å². The molecule has 2 rings (SSSR count). The lowest BCUT2D eigenvalue weighted by molar-refractivity contribution is -0.758. The number of rotatable bonds is 1. The van der Waals surface area contributed by atoms with Crippen molar-refractivity contribution in [2.24, 2.45) is 7.05 Å². The van der Waals surface area contributed by atoms with Gasteiger partial charge in [0.1, 0.15) is 0 Å². The number of nitrogens with zero attached hydrogens (tertiary/aromatic N) is 2. The predicted molar refractivity (Wildman–Crippen MR) is 45.2 cm³/mol. The Kier molecular flexibility index (Phi) is 1.60. The van der Waals surface area contributed by atoms with Gasteiger partial charge in [0.15, 0.2) is 6.61 Å². The summed E-state index contributed by atoms with van der Waals surface area (Å²) in [6.45, 7) is 6.14. The lowest BCUT2D eigenvalue weighted by Gasteiger charge is -1.93. The SMILES string of the molecule is CCc1c(C)n(C)[n+]2c1OCC2. The number of fused-ring (bicyclic) bond motifs is 1. The van der Waals surface area contributed by atoms with E-state index in [4.69, 9.17) is 4.74 Å². The van der Waals surface area contributed by atoms with Crippen LogP contribution in [0.15, 0.2) is 0 Å². The first-order chi connectivity index (χ1) is 5.75. The molecule has 0 saturated heterocycles. The summed E-state index contributed by atoms with van der Waals surface area (Å²) in [7, 11) is 2.09. The Morgan fingerprint density at radius 1 is 1.58 bits per heavy atom. The van der Waals surface area contributed by atoms with E-state index in [1.807, 2.05) is 0 Å². The van der Waals surface area contributed by atoms with Crippen molar-refractivity contribution < 1.29 is 9.42 Å². The van der Waals surface area contributed by atoms with Crippen LogP contribution in [-0.2, 0) is 20.0 Å². The Labute approximate surface area is 72.5 Å². The Hall–Kier alpha value is -0.990. The van der Waals surface area contributed by atoms with Gasteiger partial charge in [0, 0.05) is 0 Å². The minimum Gasteiger partial charge on any atom is -0.436 e. The van der Waals surface area contributed by atoms with Crippen molar-refractivity contribution >= 4 is 0 Å². The van der Waals surface area contributed by atoms with Gasteiger partial charge in [-0.15, -0.1) is 0 Å². The zero-order chi connectivity index (χ0) is 8.72. The van der Waals surface area contributed by atoms with Crippen LogP contribution in [-0.4, -0.2) is 11.3 Å². The van der Waals surface area contributed by atoms with Gasteiger partial charge in [-0.05, 0) is 13.3 Å². The van der Waals surface area contributed by atoms with E-state index in [0.29, 0.717) is 0 Å². The molecule has 0 radical (unpaired) electrons. The van der Waals surface area contributed by atoms with Crippen molar-refractivity contribution in [3.8, 4) is 5.88 Å². The van der Waals surface area contributed by atoms with E-state index < -0.39 is 0 Å². The lowest BCUT2D eigenvalue weighted by Crippen LogP contribution is -2.39. The number of hydrogen-bond acceptors (Lipinski definition) is 1. The van der Waals surface area contributed by atoms with Crippen molar-refractivity contribution in [1.29, 1.82) is 0 Å². The summed E-state index contributed by atoms with van der Waals surface area (Å²) >= 11 is 0. The van der Waals surface area contributed by atoms with Crippen molar-refractivity contribution in [2.75, 3.05) is 6.61 Å². The van der Waals surface area contributed by atoms with Crippen LogP contribution in [0, 0.1) is 6.92 Å². The molecule has 12 heavy (non-hydrogen) atoms. The fourth-order valence-electron chi connectivity index (χ4n) is 1.87. The summed E-state index contributed by atoms with van der Waals surface area (Å²) in [5, 5.41) is 0. The van der Waals surface area contributed by atoms with Crippen LogP contribution in [0.2, 0.25) is 0 Å². The molecule has 0 N–H and O–H groups in total. The highest BCUT2D eigenvalue weighted by atomic mass is 16.5. The van der Waals surface area contributed by atoms with Gasteiger partial charge < -0.3 is 4.74 Å². The summed E-state index contributed by atoms with van der Waals surface area (Å²) in [6, 6.07) is 0. The first-order valence-electron chi connectivity index (χ1n) is 4.46. The lowest BCUT2D eigenvalue weighted by atomic mass is 10.2. The van der Waals surface area contributed by atoms with E-state index in [-0.39, 0.29) is 0 Å². The van der Waals surface area contributed by atoms with Gasteiger partial charge in [-0.2, -0.15) is 4.68 Å². The molecule has 1 aliphatic heterocycles. The van der Waals surface area contributed by atoms with E-state index in [1.165, 1.54) is 11.3 Å². The maximum absolute atomic E-state index is 5.56. The average Bonchev–Trinajstić information content (AvgIpc) is 2.59. The van der Waals surface area contributed by atoms with Crippen LogP contribution in [0.4, 0.5) is 0 Å². The van der Waals surface area contributed by atoms with Gasteiger partial charge in [-0.1, -0.05) is 11.6 Å². The smallest absolute Gasteiger partial charge is 0.397 e. The third kappa shape index (κ3) is 0.792. The molecule has 3 heteroatoms. The highest BCUT2D eigenvalue weighted by Crippen LogP contribution is 2.21. The van der Waals surface area contributed by atoms with E-state index in [9.17, 15) is 0 Å². The first-order valence-corrected chi connectivity index (χ1v) is 4.46. The van der Waals surface area contributed by atoms with Gasteiger partial charge in [0.2, 0.25) is 6.54 Å². The Balaban J connectivity index is 2.61. The Morgan fingerprint density at radius 2 is 2.33 bits per heavy atom. The molecule has 3 nitrogen and oxygen atoms in total. The molecule has 66 valence electrons. The summed E-state index contributed by atoms with van der Waals surface area (Å²) in [5.41, 5.74) is 2.68. The third-order valence-corrected chi connectivity index (χ3v) is 2.67. The monoisotopic (exact) mass is 167 g/mol. The second-order valence-corrected chi connectivity index (χ2v) is 3.22. The zero-order valence-corrected chi connectivity index (χ0v) is 7.92. The molecule has 0 atom stereocenters. The van der Waals surface area contributed by atoms with Crippen LogP contribution in [0.3, 0.4) is 0 Å². The van der Waals surface area contributed by atoms with Crippen molar-refractivity contribution in [3.05, 3.63) is 11.3 Å². The summed E-state index contributed by atoms with van der Waals surface area (Å²) < 4.78 is 9.95. The van der Waals surface area contributed by atoms with E-state index >= 15 is 0 Å². The summed E-state index contributed by atoms with van der Waals surface area (Å²) in [6.07, 6.45) is 1.06. The van der Waals surface area contributed by atoms with Crippen LogP contribution in [0.1, 0.15) is 18.2 Å². The minimum atomic E-state index is 0.830. The van der Waals surface area contributed by atoms with E-state index in [2.05, 4.69) is 30.3 Å². The molecule has 0 fully saturated rings. The van der Waals surface area contributed by atoms with Crippen molar-refractivity contribution in [3.63, 3.8) is 0 Å². The maximum Gasteiger partial charge on any atom is 0.397 e. The predicted octanol–water partition coefficient (Wildman–Crippen LogP) is 0.576. The molecule has 1 aliphatic rings. The average molecular weight is 167 g/mol. The van der Waals surface area contributed by atoms with Crippen LogP contribution in [0.5, 0.6) is 5.88 Å². The molecular formula is C9H15N2O+. The highest BCUT2D eigenvalue weighted by molar-refractivity contribution is 5.26. The van der Waals surface area contributed by atoms with Gasteiger partial charge in [0.05, 0.1) is 18.3 Å². The van der Waals surface area contributed by atoms with Gasteiger partial charge in [-0.25, -0.2) is 0 Å². The molecule has 0 amide bonds. The molecular weight excluding hydrogens is 152 g/mol. The number of aromatic nitrogens is 2. The first kappa shape index (κ1) is 7.65. The molecule has 0 unspecified atom stereocenters. The largest absolute Gasteiger partial charge is 0.436 e. The standard InChI is InChI=1S/C9H15N2O/c1-4-8-7(2)10(3)11-5-6-12-9(8)11/h4-6H2,1-3H3/q+1. The highest BCUT2D eigenvalue weighted by Gasteiger charge is 2.31. The molecule has 0 saturated carbocycles. The summed E-state index contributed by atoms with van der Waals surface area (Å²) in [5.74, 6) is 1.08. The zero-order valence-electron chi connectivity index (χ0n) is 7.92. The topological polar surface area (TPSA) is 18.0 Å². The third-order valence-electron chi connectivity index (χ3n) is 2.67.